The highest BCUT2D eigenvalue weighted by molar-refractivity contribution is 14.0. The summed E-state index contributed by atoms with van der Waals surface area (Å²) in [5.41, 5.74) is 0.904. The summed E-state index contributed by atoms with van der Waals surface area (Å²) in [6, 6.07) is 6.29. The SMILES string of the molecule is CCOc1ccc(NC(=NC)NCC2CCCN2CCOC)cc1OC.I. The molecule has 0 spiro atoms. The molecule has 1 heterocycles. The van der Waals surface area contributed by atoms with Crippen LogP contribution in [0.2, 0.25) is 0 Å². The highest BCUT2D eigenvalue weighted by atomic mass is 127. The van der Waals surface area contributed by atoms with E-state index in [2.05, 4.69) is 20.5 Å². The molecule has 2 rings (SSSR count). The molecule has 1 aliphatic rings. The monoisotopic (exact) mass is 492 g/mol. The van der Waals surface area contributed by atoms with Crippen LogP contribution in [-0.4, -0.2) is 71.0 Å². The van der Waals surface area contributed by atoms with Gasteiger partial charge in [0.2, 0.25) is 0 Å². The minimum absolute atomic E-state index is 0. The second-order valence-electron chi connectivity index (χ2n) is 6.20. The lowest BCUT2D eigenvalue weighted by Crippen LogP contribution is -2.43. The van der Waals surface area contributed by atoms with Crippen molar-refractivity contribution in [2.24, 2.45) is 4.99 Å². The van der Waals surface area contributed by atoms with Crippen LogP contribution in [0.5, 0.6) is 11.5 Å². The molecule has 154 valence electrons. The van der Waals surface area contributed by atoms with Crippen molar-refractivity contribution in [3.8, 4) is 11.5 Å². The Morgan fingerprint density at radius 1 is 1.30 bits per heavy atom. The van der Waals surface area contributed by atoms with Gasteiger partial charge in [0.15, 0.2) is 17.5 Å². The Bertz CT molecular complexity index is 586. The van der Waals surface area contributed by atoms with Crippen molar-refractivity contribution in [3.05, 3.63) is 18.2 Å². The summed E-state index contributed by atoms with van der Waals surface area (Å²) in [5, 5.41) is 6.74. The number of halogens is 1. The van der Waals surface area contributed by atoms with E-state index in [4.69, 9.17) is 14.2 Å². The molecule has 8 heteroatoms. The van der Waals surface area contributed by atoms with Gasteiger partial charge in [-0.25, -0.2) is 0 Å². The fraction of sp³-hybridized carbons (Fsp3) is 0.632. The molecule has 0 radical (unpaired) electrons. The number of guanidine groups is 1. The van der Waals surface area contributed by atoms with Crippen molar-refractivity contribution in [2.45, 2.75) is 25.8 Å². The Hall–Kier alpha value is -1.26. The predicted molar refractivity (Wildman–Crippen MR) is 121 cm³/mol. The number of likely N-dealkylation sites (tertiary alicyclic amines) is 1. The largest absolute Gasteiger partial charge is 0.493 e. The van der Waals surface area contributed by atoms with E-state index in [0.29, 0.717) is 18.4 Å². The Morgan fingerprint density at radius 2 is 2.11 bits per heavy atom. The standard InChI is InChI=1S/C19H32N4O3.HI/c1-5-26-17-9-8-15(13-18(17)25-4)22-19(20-2)21-14-16-7-6-10-23(16)11-12-24-3;/h8-9,13,16H,5-7,10-12,14H2,1-4H3,(H2,20,21,22);1H. The van der Waals surface area contributed by atoms with Crippen molar-refractivity contribution < 1.29 is 14.2 Å². The van der Waals surface area contributed by atoms with Gasteiger partial charge < -0.3 is 24.8 Å². The molecule has 27 heavy (non-hydrogen) atoms. The average Bonchev–Trinajstić information content (AvgIpc) is 3.11. The van der Waals surface area contributed by atoms with Crippen LogP contribution in [0.1, 0.15) is 19.8 Å². The van der Waals surface area contributed by atoms with Crippen LogP contribution < -0.4 is 20.1 Å². The number of anilines is 1. The number of benzene rings is 1. The first kappa shape index (κ1) is 23.8. The molecule has 1 aliphatic heterocycles. The number of hydrogen-bond donors (Lipinski definition) is 2. The van der Waals surface area contributed by atoms with Crippen LogP contribution in [0.25, 0.3) is 0 Å². The van der Waals surface area contributed by atoms with E-state index in [-0.39, 0.29) is 24.0 Å². The first-order valence-electron chi connectivity index (χ1n) is 9.23. The zero-order valence-corrected chi connectivity index (χ0v) is 19.1. The minimum Gasteiger partial charge on any atom is -0.493 e. The van der Waals surface area contributed by atoms with Crippen molar-refractivity contribution in [3.63, 3.8) is 0 Å². The number of aliphatic imine (C=N–C) groups is 1. The molecule has 2 N–H and O–H groups in total. The number of nitrogens with one attached hydrogen (secondary N) is 2. The highest BCUT2D eigenvalue weighted by Crippen LogP contribution is 2.30. The zero-order valence-electron chi connectivity index (χ0n) is 16.8. The van der Waals surface area contributed by atoms with E-state index in [9.17, 15) is 0 Å². The van der Waals surface area contributed by atoms with Gasteiger partial charge in [-0.15, -0.1) is 24.0 Å². The number of hydrogen-bond acceptors (Lipinski definition) is 5. The molecule has 1 fully saturated rings. The van der Waals surface area contributed by atoms with Crippen LogP contribution in [0.4, 0.5) is 5.69 Å². The highest BCUT2D eigenvalue weighted by Gasteiger charge is 2.24. The number of methoxy groups -OCH3 is 2. The Morgan fingerprint density at radius 3 is 2.78 bits per heavy atom. The Kier molecular flexibility index (Phi) is 11.5. The number of nitrogens with zero attached hydrogens (tertiary/aromatic N) is 2. The number of rotatable bonds is 9. The quantitative estimate of drug-likeness (QED) is 0.314. The molecule has 1 aromatic rings. The van der Waals surface area contributed by atoms with E-state index in [0.717, 1.165) is 43.6 Å². The lowest BCUT2D eigenvalue weighted by molar-refractivity contribution is 0.141. The second kappa shape index (κ2) is 13.0. The first-order chi connectivity index (χ1) is 12.7. The van der Waals surface area contributed by atoms with Crippen LogP contribution in [0.3, 0.4) is 0 Å². The summed E-state index contributed by atoms with van der Waals surface area (Å²) in [6.07, 6.45) is 2.43. The van der Waals surface area contributed by atoms with Crippen LogP contribution in [0.15, 0.2) is 23.2 Å². The lowest BCUT2D eigenvalue weighted by Gasteiger charge is -2.25. The van der Waals surface area contributed by atoms with Gasteiger partial charge in [0.1, 0.15) is 0 Å². The van der Waals surface area contributed by atoms with E-state index in [1.54, 1.807) is 21.3 Å². The summed E-state index contributed by atoms with van der Waals surface area (Å²) >= 11 is 0. The number of ether oxygens (including phenoxy) is 3. The Labute approximate surface area is 179 Å². The molecular weight excluding hydrogens is 459 g/mol. The maximum Gasteiger partial charge on any atom is 0.195 e. The fourth-order valence-electron chi connectivity index (χ4n) is 3.18. The molecule has 0 amide bonds. The molecule has 0 bridgehead atoms. The molecule has 1 saturated heterocycles. The summed E-state index contributed by atoms with van der Waals surface area (Å²) in [7, 11) is 5.17. The fourth-order valence-corrected chi connectivity index (χ4v) is 3.18. The van der Waals surface area contributed by atoms with Crippen molar-refractivity contribution in [1.82, 2.24) is 10.2 Å². The third-order valence-corrected chi connectivity index (χ3v) is 4.54. The second-order valence-corrected chi connectivity index (χ2v) is 6.20. The van der Waals surface area contributed by atoms with Crippen LogP contribution in [-0.2, 0) is 4.74 Å². The smallest absolute Gasteiger partial charge is 0.195 e. The van der Waals surface area contributed by atoms with E-state index >= 15 is 0 Å². The molecule has 1 atom stereocenters. The van der Waals surface area contributed by atoms with E-state index < -0.39 is 0 Å². The molecule has 1 aromatic carbocycles. The minimum atomic E-state index is 0. The van der Waals surface area contributed by atoms with E-state index in [1.165, 1.54) is 12.8 Å². The third-order valence-electron chi connectivity index (χ3n) is 4.54. The molecule has 7 nitrogen and oxygen atoms in total. The summed E-state index contributed by atoms with van der Waals surface area (Å²) in [5.74, 6) is 2.19. The predicted octanol–water partition coefficient (Wildman–Crippen LogP) is 2.81. The molecule has 0 saturated carbocycles. The van der Waals surface area contributed by atoms with Gasteiger partial charge in [0, 0.05) is 45.0 Å². The third kappa shape index (κ3) is 7.34. The van der Waals surface area contributed by atoms with E-state index in [1.807, 2.05) is 25.1 Å². The van der Waals surface area contributed by atoms with Crippen molar-refractivity contribution in [1.29, 1.82) is 0 Å². The average molecular weight is 492 g/mol. The van der Waals surface area contributed by atoms with Gasteiger partial charge in [0.25, 0.3) is 0 Å². The van der Waals surface area contributed by atoms with Gasteiger partial charge >= 0.3 is 0 Å². The van der Waals surface area contributed by atoms with Crippen LogP contribution in [0, 0.1) is 0 Å². The van der Waals surface area contributed by atoms with Gasteiger partial charge in [-0.2, -0.15) is 0 Å². The first-order valence-corrected chi connectivity index (χ1v) is 9.23. The van der Waals surface area contributed by atoms with Gasteiger partial charge in [-0.1, -0.05) is 0 Å². The Balaban J connectivity index is 0.00000364. The normalized spacial score (nSPS) is 17.3. The summed E-state index contributed by atoms with van der Waals surface area (Å²) in [4.78, 5) is 6.80. The summed E-state index contributed by atoms with van der Waals surface area (Å²) in [6.45, 7) is 6.30. The van der Waals surface area contributed by atoms with Gasteiger partial charge in [0.05, 0.1) is 20.3 Å². The maximum atomic E-state index is 5.56. The molecule has 0 aromatic heterocycles. The van der Waals surface area contributed by atoms with Crippen LogP contribution >= 0.6 is 24.0 Å². The molecule has 1 unspecified atom stereocenters. The lowest BCUT2D eigenvalue weighted by atomic mass is 10.2. The van der Waals surface area contributed by atoms with Crippen molar-refractivity contribution in [2.75, 3.05) is 59.4 Å². The topological polar surface area (TPSA) is 67.4 Å². The zero-order chi connectivity index (χ0) is 18.8. The molecule has 0 aliphatic carbocycles. The van der Waals surface area contributed by atoms with Gasteiger partial charge in [-0.05, 0) is 38.4 Å². The summed E-state index contributed by atoms with van der Waals surface area (Å²) < 4.78 is 16.2. The maximum absolute atomic E-state index is 5.56. The van der Waals surface area contributed by atoms with Crippen molar-refractivity contribution >= 4 is 35.6 Å². The van der Waals surface area contributed by atoms with Gasteiger partial charge in [-0.3, -0.25) is 9.89 Å². The molecular formula is C19H33IN4O3.